The molecule has 0 unspecified atom stereocenters. The Bertz CT molecular complexity index is 811. The molecule has 26 heavy (non-hydrogen) atoms. The molecule has 1 aliphatic heterocycles. The lowest BCUT2D eigenvalue weighted by Gasteiger charge is -2.21. The molecule has 2 aromatic rings. The first-order chi connectivity index (χ1) is 12.4. The van der Waals surface area contributed by atoms with Crippen molar-refractivity contribution in [2.75, 3.05) is 20.3 Å². The Labute approximate surface area is 153 Å². The van der Waals surface area contributed by atoms with E-state index in [-0.39, 0.29) is 5.91 Å². The number of aldehydes is 1. The highest BCUT2D eigenvalue weighted by atomic mass is 16.5. The van der Waals surface area contributed by atoms with Gasteiger partial charge in [-0.05, 0) is 49.2 Å². The van der Waals surface area contributed by atoms with Crippen LogP contribution in [0.15, 0.2) is 42.5 Å². The number of carbonyl (C=O) groups excluding carboxylic acids is 2. The van der Waals surface area contributed by atoms with Crippen LogP contribution in [0.3, 0.4) is 0 Å². The van der Waals surface area contributed by atoms with Crippen LogP contribution in [0.2, 0.25) is 0 Å². The average Bonchev–Trinajstić information content (AvgIpc) is 2.81. The molecular formula is C21H23NO4. The average molecular weight is 353 g/mol. The number of fused-ring (bicyclic) bond motifs is 1. The molecule has 5 nitrogen and oxygen atoms in total. The van der Waals surface area contributed by atoms with E-state index < -0.39 is 5.41 Å². The van der Waals surface area contributed by atoms with Crippen molar-refractivity contribution in [2.24, 2.45) is 0 Å². The summed E-state index contributed by atoms with van der Waals surface area (Å²) in [6, 6.07) is 13.1. The largest absolute Gasteiger partial charge is 0.497 e. The van der Waals surface area contributed by atoms with E-state index in [0.717, 1.165) is 23.2 Å². The first-order valence-corrected chi connectivity index (χ1v) is 8.60. The fraction of sp³-hybridized carbons (Fsp3) is 0.333. The monoisotopic (exact) mass is 353 g/mol. The van der Waals surface area contributed by atoms with Crippen molar-refractivity contribution in [1.82, 2.24) is 4.90 Å². The van der Waals surface area contributed by atoms with Crippen molar-refractivity contribution in [1.29, 1.82) is 0 Å². The third-order valence-electron chi connectivity index (χ3n) is 4.69. The van der Waals surface area contributed by atoms with E-state index in [4.69, 9.17) is 9.47 Å². The van der Waals surface area contributed by atoms with Crippen LogP contribution in [-0.2, 0) is 16.8 Å². The number of benzene rings is 2. The van der Waals surface area contributed by atoms with Crippen LogP contribution in [0, 0.1) is 0 Å². The molecule has 0 saturated heterocycles. The molecule has 0 saturated carbocycles. The van der Waals surface area contributed by atoms with E-state index in [1.807, 2.05) is 44.2 Å². The van der Waals surface area contributed by atoms with Crippen LogP contribution >= 0.6 is 0 Å². The molecule has 1 heterocycles. The van der Waals surface area contributed by atoms with Crippen molar-refractivity contribution >= 4 is 12.2 Å². The van der Waals surface area contributed by atoms with Gasteiger partial charge in [-0.1, -0.05) is 18.2 Å². The summed E-state index contributed by atoms with van der Waals surface area (Å²) >= 11 is 0. The summed E-state index contributed by atoms with van der Waals surface area (Å²) in [6.45, 7) is 5.12. The summed E-state index contributed by atoms with van der Waals surface area (Å²) in [5.41, 5.74) is 1.78. The quantitative estimate of drug-likeness (QED) is 0.775. The summed E-state index contributed by atoms with van der Waals surface area (Å²) < 4.78 is 11.0. The Morgan fingerprint density at radius 1 is 1.19 bits per heavy atom. The third-order valence-corrected chi connectivity index (χ3v) is 4.69. The lowest BCUT2D eigenvalue weighted by Crippen LogP contribution is -2.31. The molecule has 0 fully saturated rings. The van der Waals surface area contributed by atoms with E-state index in [0.29, 0.717) is 31.0 Å². The van der Waals surface area contributed by atoms with Crippen molar-refractivity contribution in [3.8, 4) is 11.5 Å². The highest BCUT2D eigenvalue weighted by Crippen LogP contribution is 2.30. The van der Waals surface area contributed by atoms with Gasteiger partial charge in [-0.25, -0.2) is 0 Å². The Kier molecular flexibility index (Phi) is 4.98. The summed E-state index contributed by atoms with van der Waals surface area (Å²) in [4.78, 5) is 26.0. The van der Waals surface area contributed by atoms with Gasteiger partial charge >= 0.3 is 0 Å². The number of carbonyl (C=O) groups is 2. The predicted molar refractivity (Wildman–Crippen MR) is 98.8 cm³/mol. The van der Waals surface area contributed by atoms with Crippen LogP contribution < -0.4 is 9.47 Å². The van der Waals surface area contributed by atoms with E-state index in [1.165, 1.54) is 0 Å². The number of rotatable bonds is 5. The summed E-state index contributed by atoms with van der Waals surface area (Å²) in [6.07, 6.45) is 0.906. The van der Waals surface area contributed by atoms with E-state index in [9.17, 15) is 9.59 Å². The van der Waals surface area contributed by atoms with Gasteiger partial charge in [-0.15, -0.1) is 0 Å². The second-order valence-electron chi connectivity index (χ2n) is 6.97. The Morgan fingerprint density at radius 2 is 1.92 bits per heavy atom. The number of ether oxygens (including phenoxy) is 2. The van der Waals surface area contributed by atoms with Gasteiger partial charge in [-0.2, -0.15) is 0 Å². The normalized spacial score (nSPS) is 14.3. The molecule has 0 atom stereocenters. The highest BCUT2D eigenvalue weighted by Gasteiger charge is 2.27. The first kappa shape index (κ1) is 18.0. The second-order valence-corrected chi connectivity index (χ2v) is 6.97. The highest BCUT2D eigenvalue weighted by molar-refractivity contribution is 5.97. The van der Waals surface area contributed by atoms with Crippen LogP contribution in [-0.4, -0.2) is 37.4 Å². The first-order valence-electron chi connectivity index (χ1n) is 8.60. The molecule has 0 N–H and O–H groups in total. The molecule has 3 rings (SSSR count). The molecule has 0 aromatic heterocycles. The van der Waals surface area contributed by atoms with E-state index in [1.54, 1.807) is 24.1 Å². The molecule has 0 aliphatic carbocycles. The van der Waals surface area contributed by atoms with Gasteiger partial charge < -0.3 is 19.2 Å². The molecule has 2 aromatic carbocycles. The number of nitrogens with zero attached hydrogens (tertiary/aromatic N) is 1. The molecule has 5 heteroatoms. The molecule has 0 radical (unpaired) electrons. The van der Waals surface area contributed by atoms with Crippen molar-refractivity contribution in [3.05, 3.63) is 59.2 Å². The number of hydrogen-bond donors (Lipinski definition) is 0. The minimum absolute atomic E-state index is 0.0659. The zero-order valence-electron chi connectivity index (χ0n) is 15.3. The Morgan fingerprint density at radius 3 is 2.58 bits per heavy atom. The van der Waals surface area contributed by atoms with Crippen LogP contribution in [0.4, 0.5) is 0 Å². The van der Waals surface area contributed by atoms with Gasteiger partial charge in [0, 0.05) is 12.0 Å². The predicted octanol–water partition coefficient (Wildman–Crippen LogP) is 3.21. The maximum atomic E-state index is 12.9. The van der Waals surface area contributed by atoms with Crippen LogP contribution in [0.5, 0.6) is 11.5 Å². The molecule has 136 valence electrons. The topological polar surface area (TPSA) is 55.8 Å². The number of amides is 1. The van der Waals surface area contributed by atoms with E-state index >= 15 is 0 Å². The van der Waals surface area contributed by atoms with Gasteiger partial charge in [0.1, 0.15) is 24.4 Å². The van der Waals surface area contributed by atoms with Gasteiger partial charge in [0.2, 0.25) is 0 Å². The van der Waals surface area contributed by atoms with Crippen molar-refractivity contribution < 1.29 is 19.1 Å². The minimum atomic E-state index is -0.615. The summed E-state index contributed by atoms with van der Waals surface area (Å²) in [5.74, 6) is 1.26. The Balaban J connectivity index is 1.84. The fourth-order valence-electron chi connectivity index (χ4n) is 2.93. The maximum Gasteiger partial charge on any atom is 0.258 e. The molecule has 1 amide bonds. The summed E-state index contributed by atoms with van der Waals surface area (Å²) in [5, 5.41) is 0. The maximum absolute atomic E-state index is 12.9. The lowest BCUT2D eigenvalue weighted by atomic mass is 9.85. The van der Waals surface area contributed by atoms with Crippen molar-refractivity contribution in [2.45, 2.75) is 25.8 Å². The van der Waals surface area contributed by atoms with Gasteiger partial charge in [-0.3, -0.25) is 4.79 Å². The zero-order valence-corrected chi connectivity index (χ0v) is 15.3. The van der Waals surface area contributed by atoms with Gasteiger partial charge in [0.15, 0.2) is 0 Å². The smallest absolute Gasteiger partial charge is 0.258 e. The summed E-state index contributed by atoms with van der Waals surface area (Å²) in [7, 11) is 1.63. The molecule has 1 aliphatic rings. The minimum Gasteiger partial charge on any atom is -0.497 e. The second kappa shape index (κ2) is 7.20. The van der Waals surface area contributed by atoms with Crippen molar-refractivity contribution in [3.63, 3.8) is 0 Å². The SMILES string of the molecule is COc1ccc(CN2CCOc3cc(C(C)(C)C=O)ccc3C2=O)cc1. The lowest BCUT2D eigenvalue weighted by molar-refractivity contribution is -0.111. The number of methoxy groups -OCH3 is 1. The number of hydrogen-bond acceptors (Lipinski definition) is 4. The standard InChI is InChI=1S/C21H23NO4/c1-21(2,14-23)16-6-9-18-19(12-16)26-11-10-22(20(18)24)13-15-4-7-17(25-3)8-5-15/h4-9,12,14H,10-11,13H2,1-3H3. The van der Waals surface area contributed by atoms with Gasteiger partial charge in [0.05, 0.1) is 19.2 Å². The zero-order chi connectivity index (χ0) is 18.7. The Hall–Kier alpha value is -2.82. The van der Waals surface area contributed by atoms with Crippen LogP contribution in [0.25, 0.3) is 0 Å². The molecule has 0 bridgehead atoms. The molecular weight excluding hydrogens is 330 g/mol. The van der Waals surface area contributed by atoms with Gasteiger partial charge in [0.25, 0.3) is 5.91 Å². The molecule has 0 spiro atoms. The van der Waals surface area contributed by atoms with Crippen LogP contribution in [0.1, 0.15) is 35.3 Å². The van der Waals surface area contributed by atoms with E-state index in [2.05, 4.69) is 0 Å². The third kappa shape index (κ3) is 3.57. The fourth-order valence-corrected chi connectivity index (χ4v) is 2.93.